The topological polar surface area (TPSA) is 97.2 Å². The number of carbonyl (C=O) groups excluding carboxylic acids is 1. The van der Waals surface area contributed by atoms with E-state index in [1.54, 1.807) is 45.2 Å². The maximum atomic E-state index is 13.0. The second-order valence-corrected chi connectivity index (χ2v) is 9.73. The summed E-state index contributed by atoms with van der Waals surface area (Å²) in [6, 6.07) is 6.18. The van der Waals surface area contributed by atoms with Gasteiger partial charge in [-0.15, -0.1) is 11.3 Å². The fourth-order valence-electron chi connectivity index (χ4n) is 3.12. The summed E-state index contributed by atoms with van der Waals surface area (Å²) in [6.07, 6.45) is 1.15. The number of aromatic nitrogens is 3. The average molecular weight is 507 g/mol. The number of hydrogen-bond acceptors (Lipinski definition) is 8. The summed E-state index contributed by atoms with van der Waals surface area (Å²) in [6.45, 7) is 6.76. The number of methoxy groups -OCH3 is 1. The summed E-state index contributed by atoms with van der Waals surface area (Å²) in [5.41, 5.74) is -1.32. The van der Waals surface area contributed by atoms with Gasteiger partial charge in [-0.25, -0.2) is 15.0 Å². The molecule has 0 aliphatic rings. The molecule has 35 heavy (non-hydrogen) atoms. The van der Waals surface area contributed by atoms with E-state index in [0.29, 0.717) is 10.7 Å². The number of aliphatic hydroxyl groups is 1. The monoisotopic (exact) mass is 506 g/mol. The predicted molar refractivity (Wildman–Crippen MR) is 127 cm³/mol. The van der Waals surface area contributed by atoms with Crippen LogP contribution in [0.15, 0.2) is 48.8 Å². The predicted octanol–water partition coefficient (Wildman–Crippen LogP) is 5.63. The maximum Gasteiger partial charge on any atom is 0.433 e. The number of esters is 1. The van der Waals surface area contributed by atoms with Crippen LogP contribution in [0.5, 0.6) is 0 Å². The first-order valence-electron chi connectivity index (χ1n) is 10.5. The molecule has 2 heterocycles. The summed E-state index contributed by atoms with van der Waals surface area (Å²) in [5.74, 6) is -0.614. The summed E-state index contributed by atoms with van der Waals surface area (Å²) in [5, 5.41) is 14.2. The minimum Gasteiger partial charge on any atom is -0.468 e. The average Bonchev–Trinajstić information content (AvgIpc) is 3.28. The second kappa shape index (κ2) is 9.74. The molecule has 2 aromatic heterocycles. The van der Waals surface area contributed by atoms with E-state index in [4.69, 9.17) is 4.74 Å². The molecule has 0 radical (unpaired) electrons. The molecule has 3 aromatic rings. The van der Waals surface area contributed by atoms with Gasteiger partial charge in [0.1, 0.15) is 16.3 Å². The zero-order valence-corrected chi connectivity index (χ0v) is 20.6. The van der Waals surface area contributed by atoms with Gasteiger partial charge in [0, 0.05) is 18.1 Å². The van der Waals surface area contributed by atoms with Gasteiger partial charge in [-0.3, -0.25) is 4.79 Å². The third-order valence-electron chi connectivity index (χ3n) is 5.04. The number of carbonyl (C=O) groups is 1. The minimum absolute atomic E-state index is 0.178. The summed E-state index contributed by atoms with van der Waals surface area (Å²) in [4.78, 5) is 24.4. The van der Waals surface area contributed by atoms with Crippen molar-refractivity contribution in [2.24, 2.45) is 5.41 Å². The van der Waals surface area contributed by atoms with Crippen LogP contribution in [0.2, 0.25) is 0 Å². The molecule has 0 spiro atoms. The van der Waals surface area contributed by atoms with Crippen LogP contribution in [0.3, 0.4) is 0 Å². The number of thiazole rings is 1. The molecule has 0 fully saturated rings. The second-order valence-electron chi connectivity index (χ2n) is 8.70. The Kier molecular flexibility index (Phi) is 7.32. The number of anilines is 2. The molecule has 1 aromatic carbocycles. The Bertz CT molecular complexity index is 1250. The number of halogens is 3. The van der Waals surface area contributed by atoms with E-state index in [1.165, 1.54) is 24.5 Å². The molecule has 2 N–H and O–H groups in total. The van der Waals surface area contributed by atoms with Gasteiger partial charge in [0.2, 0.25) is 5.95 Å². The lowest BCUT2D eigenvalue weighted by atomic mass is 9.91. The van der Waals surface area contributed by atoms with Crippen molar-refractivity contribution in [1.29, 1.82) is 0 Å². The molecule has 3 rings (SSSR count). The number of hydrogen-bond donors (Lipinski definition) is 2. The van der Waals surface area contributed by atoms with Crippen molar-refractivity contribution in [2.75, 3.05) is 12.4 Å². The standard InChI is InChI=1S/C24H25F3N4O3S/c1-14-10-15(12-16(11-14)30-21-28-9-6-18(31-21)24(25,26)27)17-13-29-19(35-17)23(4,33)8-7-22(2,3)20(32)34-5/h6-13,33H,1-5H3,(H,28,30,31). The SMILES string of the molecule is COC(=O)C(C)(C)C=CC(C)(O)c1ncc(-c2cc(C)cc(Nc3nccc(C(F)(F)F)n3)c2)s1. The number of alkyl halides is 3. The van der Waals surface area contributed by atoms with Crippen molar-refractivity contribution in [1.82, 2.24) is 15.0 Å². The van der Waals surface area contributed by atoms with Gasteiger partial charge in [-0.1, -0.05) is 12.1 Å². The molecular formula is C24H25F3N4O3S. The first kappa shape index (κ1) is 26.3. The van der Waals surface area contributed by atoms with E-state index in [-0.39, 0.29) is 5.95 Å². The van der Waals surface area contributed by atoms with Crippen LogP contribution >= 0.6 is 11.3 Å². The van der Waals surface area contributed by atoms with Crippen LogP contribution < -0.4 is 5.32 Å². The highest BCUT2D eigenvalue weighted by atomic mass is 32.1. The van der Waals surface area contributed by atoms with Crippen molar-refractivity contribution in [3.63, 3.8) is 0 Å². The highest BCUT2D eigenvalue weighted by Crippen LogP contribution is 2.36. The molecule has 1 atom stereocenters. The smallest absolute Gasteiger partial charge is 0.433 e. The number of benzene rings is 1. The normalized spacial score (nSPS) is 14.1. The van der Waals surface area contributed by atoms with Crippen molar-refractivity contribution in [2.45, 2.75) is 39.5 Å². The van der Waals surface area contributed by atoms with Gasteiger partial charge in [0.15, 0.2) is 0 Å². The van der Waals surface area contributed by atoms with Crippen molar-refractivity contribution in [3.8, 4) is 10.4 Å². The molecule has 0 amide bonds. The molecular weight excluding hydrogens is 481 g/mol. The third kappa shape index (κ3) is 6.43. The third-order valence-corrected chi connectivity index (χ3v) is 6.31. The first-order chi connectivity index (χ1) is 16.2. The van der Waals surface area contributed by atoms with Crippen LogP contribution in [-0.4, -0.2) is 33.1 Å². The fourth-order valence-corrected chi connectivity index (χ4v) is 4.05. The first-order valence-corrected chi connectivity index (χ1v) is 11.3. The van der Waals surface area contributed by atoms with Crippen molar-refractivity contribution in [3.05, 3.63) is 65.1 Å². The molecule has 0 saturated carbocycles. The van der Waals surface area contributed by atoms with Crippen LogP contribution in [0.4, 0.5) is 24.8 Å². The Morgan fingerprint density at radius 1 is 1.14 bits per heavy atom. The zero-order valence-electron chi connectivity index (χ0n) is 19.8. The maximum absolute atomic E-state index is 13.0. The van der Waals surface area contributed by atoms with Crippen LogP contribution in [0.1, 0.15) is 37.0 Å². The molecule has 1 unspecified atom stereocenters. The Labute approximate surface area is 204 Å². The fraction of sp³-hybridized carbons (Fsp3) is 0.333. The molecule has 186 valence electrons. The zero-order chi connectivity index (χ0) is 26.0. The van der Waals surface area contributed by atoms with E-state index in [0.717, 1.165) is 28.3 Å². The van der Waals surface area contributed by atoms with Gasteiger partial charge < -0.3 is 15.2 Å². The quantitative estimate of drug-likeness (QED) is 0.316. The van der Waals surface area contributed by atoms with Gasteiger partial charge in [-0.05, 0) is 63.1 Å². The van der Waals surface area contributed by atoms with E-state index < -0.39 is 28.9 Å². The molecule has 0 aliphatic carbocycles. The lowest BCUT2D eigenvalue weighted by molar-refractivity contribution is -0.148. The molecule has 0 aliphatic heterocycles. The summed E-state index contributed by atoms with van der Waals surface area (Å²) < 4.78 is 43.7. The Hall–Kier alpha value is -3.31. The lowest BCUT2D eigenvalue weighted by Crippen LogP contribution is -2.25. The molecule has 0 bridgehead atoms. The van der Waals surface area contributed by atoms with Gasteiger partial charge in [0.25, 0.3) is 0 Å². The minimum atomic E-state index is -4.58. The number of ether oxygens (including phenoxy) is 1. The Morgan fingerprint density at radius 3 is 2.51 bits per heavy atom. The van der Waals surface area contributed by atoms with Crippen molar-refractivity contribution >= 4 is 28.9 Å². The van der Waals surface area contributed by atoms with E-state index in [1.807, 2.05) is 13.0 Å². The Balaban J connectivity index is 1.86. The molecule has 0 saturated heterocycles. The van der Waals surface area contributed by atoms with Gasteiger partial charge in [0.05, 0.1) is 17.4 Å². The number of rotatable bonds is 7. The lowest BCUT2D eigenvalue weighted by Gasteiger charge is -2.20. The molecule has 11 heteroatoms. The van der Waals surface area contributed by atoms with E-state index in [2.05, 4.69) is 20.3 Å². The summed E-state index contributed by atoms with van der Waals surface area (Å²) >= 11 is 1.25. The Morgan fingerprint density at radius 2 is 1.86 bits per heavy atom. The van der Waals surface area contributed by atoms with Gasteiger partial charge >= 0.3 is 12.1 Å². The van der Waals surface area contributed by atoms with Gasteiger partial charge in [-0.2, -0.15) is 13.2 Å². The highest BCUT2D eigenvalue weighted by Gasteiger charge is 2.33. The summed E-state index contributed by atoms with van der Waals surface area (Å²) in [7, 11) is 1.30. The van der Waals surface area contributed by atoms with Crippen molar-refractivity contribution < 1.29 is 27.8 Å². The van der Waals surface area contributed by atoms with Crippen LogP contribution in [0, 0.1) is 12.3 Å². The molecule has 7 nitrogen and oxygen atoms in total. The van der Waals surface area contributed by atoms with Crippen LogP contribution in [0.25, 0.3) is 10.4 Å². The van der Waals surface area contributed by atoms with E-state index >= 15 is 0 Å². The number of aryl methyl sites for hydroxylation is 1. The number of nitrogens with one attached hydrogen (secondary N) is 1. The number of nitrogens with zero attached hydrogens (tertiary/aromatic N) is 3. The van der Waals surface area contributed by atoms with E-state index in [9.17, 15) is 23.1 Å². The largest absolute Gasteiger partial charge is 0.468 e. The highest BCUT2D eigenvalue weighted by molar-refractivity contribution is 7.15. The van der Waals surface area contributed by atoms with Crippen LogP contribution in [-0.2, 0) is 21.3 Å².